The third-order valence-electron chi connectivity index (χ3n) is 5.67. The molecule has 1 heterocycles. The number of ether oxygens (including phenoxy) is 2. The molecule has 1 N–H and O–H groups in total. The van der Waals surface area contributed by atoms with E-state index in [1.807, 2.05) is 25.1 Å². The van der Waals surface area contributed by atoms with Gasteiger partial charge in [-0.15, -0.1) is 0 Å². The van der Waals surface area contributed by atoms with Gasteiger partial charge in [0.2, 0.25) is 0 Å². The van der Waals surface area contributed by atoms with Crippen molar-refractivity contribution in [3.63, 3.8) is 0 Å². The van der Waals surface area contributed by atoms with Crippen molar-refractivity contribution < 1.29 is 19.1 Å². The molecule has 0 saturated carbocycles. The van der Waals surface area contributed by atoms with Gasteiger partial charge in [0.25, 0.3) is 11.8 Å². The highest BCUT2D eigenvalue weighted by Gasteiger charge is 2.34. The predicted octanol–water partition coefficient (Wildman–Crippen LogP) is 6.74. The highest BCUT2D eigenvalue weighted by atomic mass is 79.9. The maximum absolute atomic E-state index is 13.4. The van der Waals surface area contributed by atoms with Crippen molar-refractivity contribution in [1.82, 2.24) is 5.32 Å². The number of hydrogen-bond acceptors (Lipinski definition) is 5. The summed E-state index contributed by atoms with van der Waals surface area (Å²) in [7, 11) is 1.50. The molecule has 1 fully saturated rings. The van der Waals surface area contributed by atoms with E-state index in [0.29, 0.717) is 37.3 Å². The molecule has 37 heavy (non-hydrogen) atoms. The van der Waals surface area contributed by atoms with Crippen molar-refractivity contribution in [2.75, 3.05) is 12.0 Å². The Hall–Kier alpha value is -2.91. The Bertz CT molecular complexity index is 1430. The van der Waals surface area contributed by atoms with Crippen molar-refractivity contribution in [3.05, 3.63) is 91.4 Å². The Morgan fingerprint density at radius 1 is 1.00 bits per heavy atom. The Morgan fingerprint density at radius 2 is 1.70 bits per heavy atom. The van der Waals surface area contributed by atoms with Crippen LogP contribution in [-0.4, -0.2) is 24.0 Å². The smallest absolute Gasteiger partial charge is 0.270 e. The summed E-state index contributed by atoms with van der Waals surface area (Å²) in [4.78, 5) is 27.4. The minimum Gasteiger partial charge on any atom is -0.493 e. The van der Waals surface area contributed by atoms with Crippen LogP contribution in [0.25, 0.3) is 6.08 Å². The molecule has 3 aromatic rings. The van der Waals surface area contributed by atoms with E-state index in [0.717, 1.165) is 17.5 Å². The number of halogens is 3. The molecule has 0 aromatic heterocycles. The van der Waals surface area contributed by atoms with Gasteiger partial charge < -0.3 is 9.47 Å². The first-order valence-corrected chi connectivity index (χ1v) is 13.1. The van der Waals surface area contributed by atoms with Gasteiger partial charge in [0.15, 0.2) is 16.6 Å². The summed E-state index contributed by atoms with van der Waals surface area (Å²) in [6.07, 6.45) is 2.35. The highest BCUT2D eigenvalue weighted by Crippen LogP contribution is 2.36. The van der Waals surface area contributed by atoms with Gasteiger partial charge in [-0.1, -0.05) is 64.3 Å². The van der Waals surface area contributed by atoms with Crippen molar-refractivity contribution in [2.24, 2.45) is 0 Å². The second-order valence-corrected chi connectivity index (χ2v) is 10.1. The second-order valence-electron chi connectivity index (χ2n) is 8.04. The normalized spacial score (nSPS) is 14.7. The number of thiocarbonyl (C=S) groups is 1. The minimum absolute atomic E-state index is 0.0269. The summed E-state index contributed by atoms with van der Waals surface area (Å²) in [6.45, 7) is 2.27. The molecule has 6 nitrogen and oxygen atoms in total. The molecule has 0 spiro atoms. The van der Waals surface area contributed by atoms with E-state index in [-0.39, 0.29) is 17.3 Å². The van der Waals surface area contributed by atoms with Crippen LogP contribution in [0.5, 0.6) is 11.5 Å². The number of carbonyl (C=O) groups is 2. The molecule has 190 valence electrons. The Balaban J connectivity index is 1.62. The summed E-state index contributed by atoms with van der Waals surface area (Å²) in [6, 6.07) is 16.1. The van der Waals surface area contributed by atoms with Crippen LogP contribution in [0.1, 0.15) is 23.6 Å². The lowest BCUT2D eigenvalue weighted by Gasteiger charge is -2.29. The average molecular weight is 620 g/mol. The van der Waals surface area contributed by atoms with Crippen LogP contribution in [0.3, 0.4) is 0 Å². The minimum atomic E-state index is -0.581. The zero-order valence-corrected chi connectivity index (χ0v) is 23.7. The zero-order valence-electron chi connectivity index (χ0n) is 19.8. The fourth-order valence-electron chi connectivity index (χ4n) is 3.65. The molecule has 1 aliphatic rings. The number of anilines is 1. The first-order chi connectivity index (χ1) is 17.7. The third-order valence-corrected chi connectivity index (χ3v) is 7.38. The summed E-state index contributed by atoms with van der Waals surface area (Å²) < 4.78 is 12.0. The summed E-state index contributed by atoms with van der Waals surface area (Å²) in [5.41, 5.74) is 3.00. The first kappa shape index (κ1) is 27.1. The number of methoxy groups -OCH3 is 1. The number of nitrogens with one attached hydrogen (secondary N) is 1. The molecule has 0 aliphatic carbocycles. The zero-order chi connectivity index (χ0) is 26.7. The lowest BCUT2D eigenvalue weighted by atomic mass is 10.1. The number of rotatable bonds is 7. The molecule has 10 heteroatoms. The van der Waals surface area contributed by atoms with Crippen molar-refractivity contribution in [2.45, 2.75) is 20.0 Å². The predicted molar refractivity (Wildman–Crippen MR) is 154 cm³/mol. The van der Waals surface area contributed by atoms with Crippen molar-refractivity contribution in [1.29, 1.82) is 0 Å². The lowest BCUT2D eigenvalue weighted by molar-refractivity contribution is -0.122. The molecule has 0 unspecified atom stereocenters. The van der Waals surface area contributed by atoms with E-state index in [9.17, 15) is 9.59 Å². The number of benzene rings is 3. The number of carbonyl (C=O) groups excluding carboxylic acids is 2. The second kappa shape index (κ2) is 11.6. The quantitative estimate of drug-likeness (QED) is 0.180. The average Bonchev–Trinajstić information content (AvgIpc) is 2.88. The SMILES string of the molecule is CCc1ccc(N2C(=O)/C(=C/c3cc(OC)c(OCc4ccc(Cl)c(Cl)c4)cc3Br)C(=O)NC2=S)cc1. The molecule has 0 radical (unpaired) electrons. The highest BCUT2D eigenvalue weighted by molar-refractivity contribution is 9.10. The standard InChI is InChI=1S/C27H21BrCl2N2O4S/c1-3-15-4-7-18(8-5-15)32-26(34)19(25(33)31-27(32)37)11-17-12-23(35-2)24(13-20(17)28)36-14-16-6-9-21(29)22(30)10-16/h4-13H,3,14H2,1-2H3,(H,31,33,37)/b19-11+. The Labute approximate surface area is 238 Å². The molecule has 0 atom stereocenters. The van der Waals surface area contributed by atoms with Crippen LogP contribution in [0, 0.1) is 0 Å². The van der Waals surface area contributed by atoms with Crippen LogP contribution in [0.4, 0.5) is 5.69 Å². The van der Waals surface area contributed by atoms with Crippen LogP contribution in [0.2, 0.25) is 10.0 Å². The molecule has 1 aliphatic heterocycles. The topological polar surface area (TPSA) is 67.9 Å². The molecule has 3 aromatic carbocycles. The van der Waals surface area contributed by atoms with E-state index in [4.69, 9.17) is 44.9 Å². The fraction of sp³-hybridized carbons (Fsp3) is 0.148. The molecule has 1 saturated heterocycles. The maximum Gasteiger partial charge on any atom is 0.270 e. The van der Waals surface area contributed by atoms with Gasteiger partial charge >= 0.3 is 0 Å². The van der Waals surface area contributed by atoms with E-state index in [1.54, 1.807) is 36.4 Å². The van der Waals surface area contributed by atoms with Gasteiger partial charge in [0.05, 0.1) is 22.8 Å². The van der Waals surface area contributed by atoms with Gasteiger partial charge in [-0.2, -0.15) is 0 Å². The van der Waals surface area contributed by atoms with E-state index in [2.05, 4.69) is 21.2 Å². The summed E-state index contributed by atoms with van der Waals surface area (Å²) in [5, 5.41) is 3.52. The molecule has 4 rings (SSSR count). The molecular formula is C27H21BrCl2N2O4S. The fourth-order valence-corrected chi connectivity index (χ4v) is 4.69. The number of nitrogens with zero attached hydrogens (tertiary/aromatic N) is 1. The van der Waals surface area contributed by atoms with Crippen molar-refractivity contribution in [3.8, 4) is 11.5 Å². The van der Waals surface area contributed by atoms with Gasteiger partial charge in [-0.05, 0) is 77.8 Å². The van der Waals surface area contributed by atoms with Crippen LogP contribution in [0.15, 0.2) is 64.6 Å². The lowest BCUT2D eigenvalue weighted by Crippen LogP contribution is -2.54. The number of aryl methyl sites for hydroxylation is 1. The van der Waals surface area contributed by atoms with Crippen LogP contribution >= 0.6 is 51.3 Å². The summed E-state index contributed by atoms with van der Waals surface area (Å²) >= 11 is 20.9. The van der Waals surface area contributed by atoms with Crippen LogP contribution in [-0.2, 0) is 22.6 Å². The molecule has 2 amide bonds. The van der Waals surface area contributed by atoms with E-state index in [1.165, 1.54) is 18.1 Å². The van der Waals surface area contributed by atoms with Gasteiger partial charge in [0, 0.05) is 4.47 Å². The van der Waals surface area contributed by atoms with Crippen LogP contribution < -0.4 is 19.7 Å². The molecule has 0 bridgehead atoms. The maximum atomic E-state index is 13.4. The first-order valence-electron chi connectivity index (χ1n) is 11.2. The van der Waals surface area contributed by atoms with E-state index >= 15 is 0 Å². The largest absolute Gasteiger partial charge is 0.493 e. The monoisotopic (exact) mass is 618 g/mol. The third kappa shape index (κ3) is 5.99. The Kier molecular flexibility index (Phi) is 8.54. The number of amides is 2. The van der Waals surface area contributed by atoms with E-state index < -0.39 is 11.8 Å². The van der Waals surface area contributed by atoms with Gasteiger partial charge in [0.1, 0.15) is 12.2 Å². The number of hydrogen-bond donors (Lipinski definition) is 1. The Morgan fingerprint density at radius 3 is 2.35 bits per heavy atom. The molecular weight excluding hydrogens is 599 g/mol. The van der Waals surface area contributed by atoms with Gasteiger partial charge in [-0.3, -0.25) is 19.8 Å². The van der Waals surface area contributed by atoms with Gasteiger partial charge in [-0.25, -0.2) is 0 Å². The van der Waals surface area contributed by atoms with Crippen molar-refractivity contribution >= 4 is 80.0 Å². The summed E-state index contributed by atoms with van der Waals surface area (Å²) in [5.74, 6) is -0.229.